The molecular formula is C20H28FIN4O. The second kappa shape index (κ2) is 12.5. The summed E-state index contributed by atoms with van der Waals surface area (Å²) in [5.41, 5.74) is 2.12. The average molecular weight is 486 g/mol. The van der Waals surface area contributed by atoms with Crippen molar-refractivity contribution in [1.29, 1.82) is 0 Å². The Morgan fingerprint density at radius 1 is 1.07 bits per heavy atom. The number of guanidine groups is 1. The van der Waals surface area contributed by atoms with Crippen LogP contribution in [0.15, 0.2) is 52.3 Å². The van der Waals surface area contributed by atoms with E-state index < -0.39 is 0 Å². The SMILES string of the molecule is CN=C(NCCCCn1c(C)cccc1=O)NCCc1ccc(F)cc1.I. The van der Waals surface area contributed by atoms with E-state index in [0.29, 0.717) is 0 Å². The van der Waals surface area contributed by atoms with Gasteiger partial charge in [0.05, 0.1) is 0 Å². The van der Waals surface area contributed by atoms with Crippen LogP contribution in [0, 0.1) is 12.7 Å². The van der Waals surface area contributed by atoms with E-state index in [-0.39, 0.29) is 35.4 Å². The van der Waals surface area contributed by atoms with Gasteiger partial charge in [0, 0.05) is 38.4 Å². The summed E-state index contributed by atoms with van der Waals surface area (Å²) >= 11 is 0. The third kappa shape index (κ3) is 8.11. The summed E-state index contributed by atoms with van der Waals surface area (Å²) in [7, 11) is 1.74. The highest BCUT2D eigenvalue weighted by molar-refractivity contribution is 14.0. The van der Waals surface area contributed by atoms with Crippen molar-refractivity contribution >= 4 is 29.9 Å². The number of nitrogens with zero attached hydrogens (tertiary/aromatic N) is 2. The Kier molecular flexibility index (Phi) is 10.7. The van der Waals surface area contributed by atoms with Crippen LogP contribution in [0.2, 0.25) is 0 Å². The molecule has 5 nitrogen and oxygen atoms in total. The largest absolute Gasteiger partial charge is 0.356 e. The Bertz CT molecular complexity index is 774. The quantitative estimate of drug-likeness (QED) is 0.261. The lowest BCUT2D eigenvalue weighted by Crippen LogP contribution is -2.38. The molecule has 1 aromatic heterocycles. The average Bonchev–Trinajstić information content (AvgIpc) is 2.63. The summed E-state index contributed by atoms with van der Waals surface area (Å²) in [6.07, 6.45) is 2.67. The number of hydrogen-bond acceptors (Lipinski definition) is 2. The van der Waals surface area contributed by atoms with E-state index in [1.807, 2.05) is 13.0 Å². The molecular weight excluding hydrogens is 458 g/mol. The third-order valence-electron chi connectivity index (χ3n) is 4.21. The number of aliphatic imine (C=N–C) groups is 1. The summed E-state index contributed by atoms with van der Waals surface area (Å²) in [6.45, 7) is 4.19. The van der Waals surface area contributed by atoms with Crippen molar-refractivity contribution in [2.45, 2.75) is 32.7 Å². The third-order valence-corrected chi connectivity index (χ3v) is 4.21. The van der Waals surface area contributed by atoms with Crippen LogP contribution >= 0.6 is 24.0 Å². The number of nitrogens with one attached hydrogen (secondary N) is 2. The minimum absolute atomic E-state index is 0. The molecule has 0 radical (unpaired) electrons. The first-order valence-electron chi connectivity index (χ1n) is 8.95. The van der Waals surface area contributed by atoms with Crippen molar-refractivity contribution in [1.82, 2.24) is 15.2 Å². The monoisotopic (exact) mass is 486 g/mol. The summed E-state index contributed by atoms with van der Waals surface area (Å²) in [5, 5.41) is 6.52. The van der Waals surface area contributed by atoms with E-state index in [1.54, 1.807) is 35.9 Å². The predicted molar refractivity (Wildman–Crippen MR) is 120 cm³/mol. The fraction of sp³-hybridized carbons (Fsp3) is 0.400. The molecule has 0 saturated carbocycles. The van der Waals surface area contributed by atoms with Crippen molar-refractivity contribution < 1.29 is 4.39 Å². The van der Waals surface area contributed by atoms with Crippen LogP contribution in [0.3, 0.4) is 0 Å². The molecule has 0 aliphatic carbocycles. The number of aromatic nitrogens is 1. The fourth-order valence-corrected chi connectivity index (χ4v) is 2.71. The van der Waals surface area contributed by atoms with E-state index in [2.05, 4.69) is 15.6 Å². The van der Waals surface area contributed by atoms with E-state index >= 15 is 0 Å². The predicted octanol–water partition coefficient (Wildman–Crippen LogP) is 3.10. The van der Waals surface area contributed by atoms with Gasteiger partial charge in [-0.05, 0) is 49.9 Å². The summed E-state index contributed by atoms with van der Waals surface area (Å²) < 4.78 is 14.7. The van der Waals surface area contributed by atoms with E-state index in [1.165, 1.54) is 12.1 Å². The number of aryl methyl sites for hydroxylation is 1. The molecule has 2 N–H and O–H groups in total. The van der Waals surface area contributed by atoms with Gasteiger partial charge in [-0.15, -0.1) is 24.0 Å². The van der Waals surface area contributed by atoms with Crippen LogP contribution in [-0.4, -0.2) is 30.7 Å². The van der Waals surface area contributed by atoms with Gasteiger partial charge in [0.25, 0.3) is 5.56 Å². The topological polar surface area (TPSA) is 58.4 Å². The Morgan fingerprint density at radius 3 is 2.44 bits per heavy atom. The molecule has 0 amide bonds. The molecule has 0 bridgehead atoms. The van der Waals surface area contributed by atoms with Crippen molar-refractivity contribution in [3.8, 4) is 0 Å². The maximum absolute atomic E-state index is 12.9. The van der Waals surface area contributed by atoms with Crippen LogP contribution in [-0.2, 0) is 13.0 Å². The van der Waals surface area contributed by atoms with E-state index in [9.17, 15) is 9.18 Å². The minimum Gasteiger partial charge on any atom is -0.356 e. The number of rotatable bonds is 8. The van der Waals surface area contributed by atoms with Gasteiger partial charge in [0.2, 0.25) is 0 Å². The van der Waals surface area contributed by atoms with Crippen LogP contribution in [0.5, 0.6) is 0 Å². The van der Waals surface area contributed by atoms with Crippen LogP contribution < -0.4 is 16.2 Å². The van der Waals surface area contributed by atoms with Crippen molar-refractivity contribution in [2.75, 3.05) is 20.1 Å². The summed E-state index contributed by atoms with van der Waals surface area (Å²) in [5.74, 6) is 0.535. The molecule has 0 aliphatic heterocycles. The van der Waals surface area contributed by atoms with E-state index in [4.69, 9.17) is 0 Å². The summed E-state index contributed by atoms with van der Waals surface area (Å²) in [6, 6.07) is 11.9. The first kappa shape index (κ1) is 23.1. The molecule has 148 valence electrons. The number of benzene rings is 1. The fourth-order valence-electron chi connectivity index (χ4n) is 2.71. The Balaban J connectivity index is 0.00000364. The van der Waals surface area contributed by atoms with Gasteiger partial charge < -0.3 is 15.2 Å². The van der Waals surface area contributed by atoms with Crippen LogP contribution in [0.1, 0.15) is 24.1 Å². The van der Waals surface area contributed by atoms with E-state index in [0.717, 1.165) is 56.1 Å². The first-order valence-corrected chi connectivity index (χ1v) is 8.95. The lowest BCUT2D eigenvalue weighted by Gasteiger charge is -2.13. The van der Waals surface area contributed by atoms with Crippen LogP contribution in [0.25, 0.3) is 0 Å². The van der Waals surface area contributed by atoms with Crippen molar-refractivity contribution in [3.05, 3.63) is 69.9 Å². The highest BCUT2D eigenvalue weighted by Crippen LogP contribution is 2.02. The Labute approximate surface area is 177 Å². The lowest BCUT2D eigenvalue weighted by atomic mass is 10.1. The highest BCUT2D eigenvalue weighted by atomic mass is 127. The Hall–Kier alpha value is -1.90. The second-order valence-corrected chi connectivity index (χ2v) is 6.17. The highest BCUT2D eigenvalue weighted by Gasteiger charge is 2.01. The van der Waals surface area contributed by atoms with Gasteiger partial charge >= 0.3 is 0 Å². The van der Waals surface area contributed by atoms with Gasteiger partial charge in [-0.3, -0.25) is 9.79 Å². The Morgan fingerprint density at radius 2 is 1.78 bits per heavy atom. The van der Waals surface area contributed by atoms with Gasteiger partial charge in [-0.2, -0.15) is 0 Å². The maximum atomic E-state index is 12.9. The number of unbranched alkanes of at least 4 members (excludes halogenated alkanes) is 1. The molecule has 0 fully saturated rings. The lowest BCUT2D eigenvalue weighted by molar-refractivity contribution is 0.575. The second-order valence-electron chi connectivity index (χ2n) is 6.17. The molecule has 0 aliphatic rings. The molecule has 0 spiro atoms. The number of hydrogen-bond donors (Lipinski definition) is 2. The first-order chi connectivity index (χ1) is 12.6. The smallest absolute Gasteiger partial charge is 0.250 e. The molecule has 1 heterocycles. The molecule has 0 unspecified atom stereocenters. The number of pyridine rings is 1. The molecule has 27 heavy (non-hydrogen) atoms. The van der Waals surface area contributed by atoms with Crippen molar-refractivity contribution in [2.24, 2.45) is 4.99 Å². The molecule has 0 atom stereocenters. The molecule has 2 rings (SSSR count). The van der Waals surface area contributed by atoms with Gasteiger partial charge in [-0.1, -0.05) is 18.2 Å². The van der Waals surface area contributed by atoms with Gasteiger partial charge in [0.1, 0.15) is 5.82 Å². The standard InChI is InChI=1S/C20H27FN4O.HI/c1-16-6-5-7-19(26)25(16)15-4-3-13-23-20(22-2)24-14-12-17-8-10-18(21)11-9-17;/h5-11H,3-4,12-15H2,1-2H3,(H2,22,23,24);1H. The zero-order valence-electron chi connectivity index (χ0n) is 15.9. The minimum atomic E-state index is -0.216. The van der Waals surface area contributed by atoms with Crippen molar-refractivity contribution in [3.63, 3.8) is 0 Å². The zero-order valence-corrected chi connectivity index (χ0v) is 18.2. The maximum Gasteiger partial charge on any atom is 0.250 e. The normalized spacial score (nSPS) is 11.0. The zero-order chi connectivity index (χ0) is 18.8. The molecule has 7 heteroatoms. The number of halogens is 2. The molecule has 1 aromatic carbocycles. The molecule has 2 aromatic rings. The van der Waals surface area contributed by atoms with Gasteiger partial charge in [-0.25, -0.2) is 4.39 Å². The van der Waals surface area contributed by atoms with Crippen LogP contribution in [0.4, 0.5) is 4.39 Å². The van der Waals surface area contributed by atoms with Gasteiger partial charge in [0.15, 0.2) is 5.96 Å². The molecule has 0 saturated heterocycles. The summed E-state index contributed by atoms with van der Waals surface area (Å²) in [4.78, 5) is 16.0.